The van der Waals surface area contributed by atoms with E-state index in [1.165, 1.54) is 7.11 Å². The van der Waals surface area contributed by atoms with Crippen molar-refractivity contribution in [2.24, 2.45) is 0 Å². The number of nitrogens with zero attached hydrogens (tertiary/aromatic N) is 1. The number of carbonyl (C=O) groups excluding carboxylic acids is 2. The maximum Gasteiger partial charge on any atom is 0.355 e. The van der Waals surface area contributed by atoms with Crippen molar-refractivity contribution in [3.63, 3.8) is 0 Å². The third kappa shape index (κ3) is 1.66. The van der Waals surface area contributed by atoms with Gasteiger partial charge in [0.15, 0.2) is 6.29 Å². The van der Waals surface area contributed by atoms with Crippen LogP contribution in [0.4, 0.5) is 0 Å². The van der Waals surface area contributed by atoms with Gasteiger partial charge in [-0.05, 0) is 12.1 Å². The van der Waals surface area contributed by atoms with Crippen molar-refractivity contribution in [1.29, 1.82) is 5.26 Å². The summed E-state index contributed by atoms with van der Waals surface area (Å²) < 4.78 is 4.57. The highest BCUT2D eigenvalue weighted by atomic mass is 16.5. The summed E-state index contributed by atoms with van der Waals surface area (Å²) in [5.41, 5.74) is 1.36. The Hall–Kier alpha value is -2.61. The van der Waals surface area contributed by atoms with Crippen LogP contribution >= 0.6 is 0 Å². The van der Waals surface area contributed by atoms with E-state index in [4.69, 9.17) is 5.26 Å². The number of nitriles is 1. The number of fused-ring (bicyclic) bond motifs is 1. The quantitative estimate of drug-likeness (QED) is 0.625. The molecule has 1 aromatic heterocycles. The fourth-order valence-corrected chi connectivity index (χ4v) is 1.67. The molecule has 0 fully saturated rings. The second kappa shape index (κ2) is 4.10. The Balaban J connectivity index is 2.75. The van der Waals surface area contributed by atoms with Crippen LogP contribution in [-0.4, -0.2) is 24.3 Å². The fraction of sp³-hybridized carbons (Fsp3) is 0.0833. The number of benzene rings is 1. The van der Waals surface area contributed by atoms with Gasteiger partial charge in [-0.2, -0.15) is 5.26 Å². The largest absolute Gasteiger partial charge is 0.464 e. The Kier molecular flexibility index (Phi) is 2.63. The predicted octanol–water partition coefficient (Wildman–Crippen LogP) is 1.64. The first-order chi connectivity index (χ1) is 8.21. The van der Waals surface area contributed by atoms with E-state index in [9.17, 15) is 9.59 Å². The van der Waals surface area contributed by atoms with E-state index in [-0.39, 0.29) is 11.3 Å². The molecular weight excluding hydrogens is 220 g/mol. The molecule has 2 aromatic rings. The van der Waals surface area contributed by atoms with Gasteiger partial charge in [-0.3, -0.25) is 4.79 Å². The minimum Gasteiger partial charge on any atom is -0.464 e. The Morgan fingerprint density at radius 2 is 2.29 bits per heavy atom. The zero-order valence-electron chi connectivity index (χ0n) is 8.98. The number of nitrogens with one attached hydrogen (secondary N) is 1. The molecule has 5 nitrogen and oxygen atoms in total. The number of aromatic amines is 1. The van der Waals surface area contributed by atoms with Gasteiger partial charge in [0.2, 0.25) is 0 Å². The number of aromatic nitrogens is 1. The zero-order valence-corrected chi connectivity index (χ0v) is 8.98. The number of aldehydes is 1. The molecule has 5 heteroatoms. The van der Waals surface area contributed by atoms with E-state index in [0.717, 1.165) is 0 Å². The smallest absolute Gasteiger partial charge is 0.355 e. The third-order valence-electron chi connectivity index (χ3n) is 2.48. The summed E-state index contributed by atoms with van der Waals surface area (Å²) in [6.07, 6.45) is 0.594. The van der Waals surface area contributed by atoms with Crippen LogP contribution in [0.25, 0.3) is 10.9 Å². The summed E-state index contributed by atoms with van der Waals surface area (Å²) in [6.45, 7) is 0. The van der Waals surface area contributed by atoms with Gasteiger partial charge < -0.3 is 9.72 Å². The van der Waals surface area contributed by atoms with Crippen LogP contribution in [0.3, 0.4) is 0 Å². The maximum atomic E-state index is 11.4. The summed E-state index contributed by atoms with van der Waals surface area (Å²) in [4.78, 5) is 25.2. The van der Waals surface area contributed by atoms with Crippen molar-refractivity contribution < 1.29 is 14.3 Å². The number of ether oxygens (including phenoxy) is 1. The van der Waals surface area contributed by atoms with Crippen molar-refractivity contribution in [2.45, 2.75) is 0 Å². The molecule has 0 spiro atoms. The monoisotopic (exact) mass is 228 g/mol. The molecule has 0 aliphatic heterocycles. The molecule has 17 heavy (non-hydrogen) atoms. The lowest BCUT2D eigenvalue weighted by atomic mass is 10.1. The molecule has 0 unspecified atom stereocenters. The van der Waals surface area contributed by atoms with Gasteiger partial charge in [-0.1, -0.05) is 6.07 Å². The van der Waals surface area contributed by atoms with E-state index in [1.54, 1.807) is 18.2 Å². The Bertz CT molecular complexity index is 650. The lowest BCUT2D eigenvalue weighted by Gasteiger charge is -1.95. The van der Waals surface area contributed by atoms with E-state index in [2.05, 4.69) is 9.72 Å². The molecule has 0 radical (unpaired) electrons. The van der Waals surface area contributed by atoms with Gasteiger partial charge in [0, 0.05) is 10.9 Å². The van der Waals surface area contributed by atoms with Crippen LogP contribution in [0, 0.1) is 11.3 Å². The van der Waals surface area contributed by atoms with Crippen molar-refractivity contribution in [1.82, 2.24) is 4.98 Å². The van der Waals surface area contributed by atoms with E-state index >= 15 is 0 Å². The lowest BCUT2D eigenvalue weighted by molar-refractivity contribution is 0.0593. The topological polar surface area (TPSA) is 82.9 Å². The zero-order chi connectivity index (χ0) is 12.4. The molecule has 1 N–H and O–H groups in total. The van der Waals surface area contributed by atoms with Gasteiger partial charge in [-0.25, -0.2) is 4.79 Å². The highest BCUT2D eigenvalue weighted by Crippen LogP contribution is 2.22. The molecular formula is C12H8N2O3. The highest BCUT2D eigenvalue weighted by molar-refractivity contribution is 6.08. The molecule has 0 aliphatic carbocycles. The van der Waals surface area contributed by atoms with E-state index in [0.29, 0.717) is 22.8 Å². The van der Waals surface area contributed by atoms with Crippen LogP contribution in [0.2, 0.25) is 0 Å². The van der Waals surface area contributed by atoms with E-state index in [1.807, 2.05) is 6.07 Å². The molecule has 84 valence electrons. The summed E-state index contributed by atoms with van der Waals surface area (Å²) in [5, 5.41) is 9.36. The summed E-state index contributed by atoms with van der Waals surface area (Å²) in [7, 11) is 1.24. The van der Waals surface area contributed by atoms with Gasteiger partial charge in [-0.15, -0.1) is 0 Å². The normalized spacial score (nSPS) is 9.88. The predicted molar refractivity (Wildman–Crippen MR) is 59.7 cm³/mol. The molecule has 0 bridgehead atoms. The molecule has 2 rings (SSSR count). The van der Waals surface area contributed by atoms with Gasteiger partial charge >= 0.3 is 5.97 Å². The second-order valence-corrected chi connectivity index (χ2v) is 3.40. The summed E-state index contributed by atoms with van der Waals surface area (Å²) in [6, 6.07) is 6.78. The number of rotatable bonds is 2. The fourth-order valence-electron chi connectivity index (χ4n) is 1.67. The Morgan fingerprint density at radius 3 is 2.88 bits per heavy atom. The highest BCUT2D eigenvalue weighted by Gasteiger charge is 2.17. The molecule has 1 aromatic carbocycles. The Morgan fingerprint density at radius 1 is 1.53 bits per heavy atom. The minimum absolute atomic E-state index is 0.104. The third-order valence-corrected chi connectivity index (χ3v) is 2.48. The van der Waals surface area contributed by atoms with Crippen LogP contribution in [0.15, 0.2) is 18.2 Å². The van der Waals surface area contributed by atoms with Crippen LogP contribution in [0.1, 0.15) is 26.4 Å². The molecule has 0 saturated carbocycles. The molecule has 1 heterocycles. The van der Waals surface area contributed by atoms with E-state index < -0.39 is 5.97 Å². The van der Waals surface area contributed by atoms with Crippen molar-refractivity contribution in [3.05, 3.63) is 35.0 Å². The van der Waals surface area contributed by atoms with Crippen LogP contribution < -0.4 is 0 Å². The van der Waals surface area contributed by atoms with Crippen molar-refractivity contribution >= 4 is 23.2 Å². The van der Waals surface area contributed by atoms with Gasteiger partial charge in [0.1, 0.15) is 5.69 Å². The number of carbonyl (C=O) groups is 2. The molecule has 0 atom stereocenters. The molecule has 0 amide bonds. The number of H-pyrrole nitrogens is 1. The molecule has 0 saturated heterocycles. The lowest BCUT2D eigenvalue weighted by Crippen LogP contribution is -2.04. The molecule has 0 aliphatic rings. The standard InChI is InChI=1S/C12H8N2O3/c1-17-12(16)11-9(6-15)8-3-2-7(5-13)4-10(8)14-11/h2-4,6,14H,1H3. The maximum absolute atomic E-state index is 11.4. The van der Waals surface area contributed by atoms with Crippen molar-refractivity contribution in [2.75, 3.05) is 7.11 Å². The number of methoxy groups -OCH3 is 1. The first kappa shape index (κ1) is 10.9. The van der Waals surface area contributed by atoms with Crippen molar-refractivity contribution in [3.8, 4) is 6.07 Å². The van der Waals surface area contributed by atoms with Gasteiger partial charge in [0.25, 0.3) is 0 Å². The average Bonchev–Trinajstić information content (AvgIpc) is 2.74. The summed E-state index contributed by atoms with van der Waals surface area (Å²) in [5.74, 6) is -0.609. The van der Waals surface area contributed by atoms with Crippen LogP contribution in [-0.2, 0) is 4.74 Å². The van der Waals surface area contributed by atoms with Gasteiger partial charge in [0.05, 0.1) is 24.3 Å². The number of hydrogen-bond donors (Lipinski definition) is 1. The van der Waals surface area contributed by atoms with Crippen LogP contribution in [0.5, 0.6) is 0 Å². The SMILES string of the molecule is COC(=O)c1[nH]c2cc(C#N)ccc2c1C=O. The number of hydrogen-bond acceptors (Lipinski definition) is 4. The minimum atomic E-state index is -0.609. The average molecular weight is 228 g/mol. The Labute approximate surface area is 96.6 Å². The second-order valence-electron chi connectivity index (χ2n) is 3.40. The first-order valence-electron chi connectivity index (χ1n) is 4.80. The summed E-state index contributed by atoms with van der Waals surface area (Å²) >= 11 is 0. The first-order valence-corrected chi connectivity index (χ1v) is 4.80. The number of esters is 1.